The minimum absolute atomic E-state index is 0.0401. The van der Waals surface area contributed by atoms with Crippen LogP contribution >= 0.6 is 0 Å². The molecule has 86 valence electrons. The maximum atomic E-state index is 9.87. The Labute approximate surface area is 95.0 Å². The van der Waals surface area contributed by atoms with Gasteiger partial charge in [0.15, 0.2) is 0 Å². The van der Waals surface area contributed by atoms with Gasteiger partial charge in [-0.05, 0) is 65.6 Å². The Hall–Kier alpha value is -0.0800. The van der Waals surface area contributed by atoms with Crippen molar-refractivity contribution in [2.24, 2.45) is 64.6 Å². The van der Waals surface area contributed by atoms with Crippen LogP contribution in [0.2, 0.25) is 0 Å². The molecule has 0 aromatic carbocycles. The molecule has 0 aromatic heterocycles. The maximum absolute atomic E-state index is 9.87. The second-order valence-corrected chi connectivity index (χ2v) is 7.63. The molecule has 0 amide bonds. The number of hydrogen-bond acceptors (Lipinski definition) is 2. The molecule has 2 N–H and O–H groups in total. The lowest BCUT2D eigenvalue weighted by atomic mass is 9.60. The SMILES string of the molecule is OCC1(CO)[C@@H]2[C@H]3[C@@H]4[C@H]5C[C@H]6[C@@H]4[C@@H]3[C@H]1[C@H]6[C@@H]52. The van der Waals surface area contributed by atoms with Crippen LogP contribution in [0.25, 0.3) is 0 Å². The van der Waals surface area contributed by atoms with Gasteiger partial charge in [0.1, 0.15) is 0 Å². The molecule has 2 nitrogen and oxygen atoms in total. The molecule has 7 saturated carbocycles. The van der Waals surface area contributed by atoms with Gasteiger partial charge in [-0.3, -0.25) is 0 Å². The van der Waals surface area contributed by atoms with E-state index in [4.69, 9.17) is 0 Å². The molecule has 0 heterocycles. The monoisotopic (exact) mass is 218 g/mol. The topological polar surface area (TPSA) is 40.5 Å². The Balaban J connectivity index is 1.67. The highest BCUT2D eigenvalue weighted by molar-refractivity contribution is 5.38. The Morgan fingerprint density at radius 1 is 0.750 bits per heavy atom. The molecular formula is C14H18O2. The maximum Gasteiger partial charge on any atom is 0.0515 e. The van der Waals surface area contributed by atoms with Gasteiger partial charge in [-0.1, -0.05) is 0 Å². The third kappa shape index (κ3) is 0.425. The van der Waals surface area contributed by atoms with Crippen molar-refractivity contribution in [2.75, 3.05) is 13.2 Å². The average Bonchev–Trinajstić information content (AvgIpc) is 2.88. The summed E-state index contributed by atoms with van der Waals surface area (Å²) in [5, 5.41) is 19.7. The van der Waals surface area contributed by atoms with Crippen molar-refractivity contribution < 1.29 is 10.2 Å². The number of aliphatic hydroxyl groups excluding tert-OH is 2. The fraction of sp³-hybridized carbons (Fsp3) is 1.00. The predicted octanol–water partition coefficient (Wildman–Crippen LogP) is 0.591. The second-order valence-electron chi connectivity index (χ2n) is 7.63. The fourth-order valence-electron chi connectivity index (χ4n) is 8.76. The van der Waals surface area contributed by atoms with Gasteiger partial charge in [-0.15, -0.1) is 0 Å². The van der Waals surface area contributed by atoms with E-state index >= 15 is 0 Å². The van der Waals surface area contributed by atoms with Gasteiger partial charge in [0.2, 0.25) is 0 Å². The first-order chi connectivity index (χ1) is 7.85. The van der Waals surface area contributed by atoms with E-state index in [-0.39, 0.29) is 18.6 Å². The summed E-state index contributed by atoms with van der Waals surface area (Å²) in [6.07, 6.45) is 1.53. The van der Waals surface area contributed by atoms with Crippen molar-refractivity contribution in [1.29, 1.82) is 0 Å². The van der Waals surface area contributed by atoms with E-state index in [2.05, 4.69) is 0 Å². The third-order valence-corrected chi connectivity index (χ3v) is 8.32. The number of aliphatic hydroxyl groups is 2. The summed E-state index contributed by atoms with van der Waals surface area (Å²) in [6, 6.07) is 0. The molecule has 0 aliphatic heterocycles. The van der Waals surface area contributed by atoms with Crippen molar-refractivity contribution in [3.05, 3.63) is 0 Å². The van der Waals surface area contributed by atoms with Crippen LogP contribution in [-0.2, 0) is 0 Å². The fourth-order valence-corrected chi connectivity index (χ4v) is 8.76. The van der Waals surface area contributed by atoms with E-state index in [0.717, 1.165) is 59.2 Å². The summed E-state index contributed by atoms with van der Waals surface area (Å²) in [5.74, 6) is 9.33. The lowest BCUT2D eigenvalue weighted by Crippen LogP contribution is -2.41. The van der Waals surface area contributed by atoms with E-state index in [1.54, 1.807) is 0 Å². The van der Waals surface area contributed by atoms with Gasteiger partial charge in [-0.25, -0.2) is 0 Å². The first-order valence-electron chi connectivity index (χ1n) is 7.07. The van der Waals surface area contributed by atoms with Gasteiger partial charge in [0.25, 0.3) is 0 Å². The van der Waals surface area contributed by atoms with E-state index in [1.807, 2.05) is 0 Å². The van der Waals surface area contributed by atoms with Crippen molar-refractivity contribution in [1.82, 2.24) is 0 Å². The highest BCUT2D eigenvalue weighted by Gasteiger charge is 2.91. The summed E-state index contributed by atoms with van der Waals surface area (Å²) >= 11 is 0. The molecule has 0 saturated heterocycles. The van der Waals surface area contributed by atoms with Crippen LogP contribution in [0.4, 0.5) is 0 Å². The summed E-state index contributed by atoms with van der Waals surface area (Å²) in [5.41, 5.74) is -0.0401. The molecule has 0 radical (unpaired) electrons. The molecule has 2 heteroatoms. The molecule has 0 spiro atoms. The lowest BCUT2D eigenvalue weighted by molar-refractivity contribution is 0.00446. The van der Waals surface area contributed by atoms with E-state index in [0.29, 0.717) is 0 Å². The van der Waals surface area contributed by atoms with Gasteiger partial charge < -0.3 is 10.2 Å². The summed E-state index contributed by atoms with van der Waals surface area (Å²) in [6.45, 7) is 0.523. The van der Waals surface area contributed by atoms with Gasteiger partial charge in [-0.2, -0.15) is 0 Å². The van der Waals surface area contributed by atoms with Crippen LogP contribution in [0.5, 0.6) is 0 Å². The minimum Gasteiger partial charge on any atom is -0.396 e. The molecule has 4 bridgehead atoms. The van der Waals surface area contributed by atoms with Crippen molar-refractivity contribution in [3.8, 4) is 0 Å². The molecule has 0 aromatic rings. The van der Waals surface area contributed by atoms with Crippen molar-refractivity contribution in [2.45, 2.75) is 6.42 Å². The van der Waals surface area contributed by atoms with E-state index in [1.165, 1.54) is 6.42 Å². The van der Waals surface area contributed by atoms with Gasteiger partial charge in [0, 0.05) is 5.41 Å². The molecule has 7 rings (SSSR count). The molecule has 10 atom stereocenters. The highest BCUT2D eigenvalue weighted by atomic mass is 16.3. The van der Waals surface area contributed by atoms with Crippen molar-refractivity contribution in [3.63, 3.8) is 0 Å². The van der Waals surface area contributed by atoms with Crippen LogP contribution in [0, 0.1) is 64.6 Å². The average molecular weight is 218 g/mol. The van der Waals surface area contributed by atoms with Gasteiger partial charge in [0.05, 0.1) is 13.2 Å². The minimum atomic E-state index is -0.0401. The third-order valence-electron chi connectivity index (χ3n) is 8.32. The Kier molecular flexibility index (Phi) is 0.966. The Morgan fingerprint density at radius 2 is 1.25 bits per heavy atom. The Bertz CT molecular complexity index is 377. The molecule has 7 fully saturated rings. The van der Waals surface area contributed by atoms with Crippen LogP contribution in [-0.4, -0.2) is 23.4 Å². The van der Waals surface area contributed by atoms with Crippen LogP contribution < -0.4 is 0 Å². The highest BCUT2D eigenvalue weighted by Crippen LogP contribution is 2.94. The lowest BCUT2D eigenvalue weighted by Gasteiger charge is -2.44. The summed E-state index contributed by atoms with van der Waals surface area (Å²) in [7, 11) is 0. The zero-order chi connectivity index (χ0) is 10.4. The number of hydrogen-bond donors (Lipinski definition) is 2. The largest absolute Gasteiger partial charge is 0.396 e. The molecule has 0 unspecified atom stereocenters. The normalized spacial score (nSPS) is 76.9. The Morgan fingerprint density at radius 3 is 1.69 bits per heavy atom. The van der Waals surface area contributed by atoms with E-state index in [9.17, 15) is 10.2 Å². The number of rotatable bonds is 2. The molecule has 7 aliphatic rings. The first kappa shape index (κ1) is 8.10. The summed E-state index contributed by atoms with van der Waals surface area (Å²) in [4.78, 5) is 0. The van der Waals surface area contributed by atoms with Crippen molar-refractivity contribution >= 4 is 0 Å². The molecule has 7 aliphatic carbocycles. The standard InChI is InChI=1S/C14H18O2/c15-2-14(3-16)12-8-4-1-5-7-6(4)10(12)11(7)13(14)9(5)8/h4-13,15-16H,1-3H2/t4-,5+,6-,7+,8-,9-,10+,11+,12+,13-/m1/s1. The predicted molar refractivity (Wildman–Crippen MR) is 56.1 cm³/mol. The molecular weight excluding hydrogens is 200 g/mol. The molecule has 16 heavy (non-hydrogen) atoms. The van der Waals surface area contributed by atoms with E-state index < -0.39 is 0 Å². The zero-order valence-electron chi connectivity index (χ0n) is 9.29. The van der Waals surface area contributed by atoms with Crippen LogP contribution in [0.15, 0.2) is 0 Å². The second kappa shape index (κ2) is 1.91. The zero-order valence-corrected chi connectivity index (χ0v) is 9.29. The van der Waals surface area contributed by atoms with Gasteiger partial charge >= 0.3 is 0 Å². The quantitative estimate of drug-likeness (QED) is 0.712. The smallest absolute Gasteiger partial charge is 0.0515 e. The van der Waals surface area contributed by atoms with Crippen LogP contribution in [0.3, 0.4) is 0 Å². The first-order valence-corrected chi connectivity index (χ1v) is 7.07. The van der Waals surface area contributed by atoms with Crippen LogP contribution in [0.1, 0.15) is 6.42 Å². The summed E-state index contributed by atoms with van der Waals surface area (Å²) < 4.78 is 0.